The molecule has 0 aliphatic carbocycles. The van der Waals surface area contributed by atoms with Gasteiger partial charge in [-0.2, -0.15) is 17.0 Å². The third-order valence-electron chi connectivity index (χ3n) is 2.90. The molecule has 0 amide bonds. The molecule has 0 aromatic carbocycles. The van der Waals surface area contributed by atoms with Crippen LogP contribution in [0, 0.1) is 11.3 Å². The predicted octanol–water partition coefficient (Wildman–Crippen LogP) is 0.955. The summed E-state index contributed by atoms with van der Waals surface area (Å²) in [5.74, 6) is 0.716. The van der Waals surface area contributed by atoms with Gasteiger partial charge in [0.25, 0.3) is 0 Å². The lowest BCUT2D eigenvalue weighted by atomic mass is 10.1. The van der Waals surface area contributed by atoms with Crippen LogP contribution in [0.1, 0.15) is 11.3 Å². The van der Waals surface area contributed by atoms with Crippen molar-refractivity contribution in [3.05, 3.63) is 29.6 Å². The molecule has 1 aliphatic rings. The van der Waals surface area contributed by atoms with Crippen LogP contribution in [0.15, 0.2) is 18.3 Å². The molecule has 1 aliphatic heterocycles. The first kappa shape index (κ1) is 12.9. The Morgan fingerprint density at radius 3 is 3.28 bits per heavy atom. The van der Waals surface area contributed by atoms with Gasteiger partial charge in [0, 0.05) is 36.4 Å². The molecule has 1 atom stereocenters. The number of hydrogen-bond donors (Lipinski definition) is 1. The fraction of sp³-hybridized carbons (Fsp3) is 0.417. The number of aromatic nitrogens is 1. The lowest BCUT2D eigenvalue weighted by molar-refractivity contribution is -0.142. The van der Waals surface area contributed by atoms with Gasteiger partial charge in [0.2, 0.25) is 0 Å². The summed E-state index contributed by atoms with van der Waals surface area (Å²) in [6.07, 6.45) is 1.57. The summed E-state index contributed by atoms with van der Waals surface area (Å²) in [7, 11) is 0. The summed E-state index contributed by atoms with van der Waals surface area (Å²) >= 11 is 1.65. The lowest BCUT2D eigenvalue weighted by Gasteiger charge is -2.32. The monoisotopic (exact) mass is 263 g/mol. The van der Waals surface area contributed by atoms with Gasteiger partial charge < -0.3 is 5.11 Å². The van der Waals surface area contributed by atoms with Gasteiger partial charge in [-0.05, 0) is 6.07 Å². The second kappa shape index (κ2) is 5.85. The zero-order valence-electron chi connectivity index (χ0n) is 9.74. The van der Waals surface area contributed by atoms with Gasteiger partial charge in [0.05, 0.1) is 0 Å². The molecule has 2 heterocycles. The average Bonchev–Trinajstić information content (AvgIpc) is 2.40. The van der Waals surface area contributed by atoms with E-state index in [4.69, 9.17) is 5.26 Å². The van der Waals surface area contributed by atoms with E-state index in [-0.39, 0.29) is 0 Å². The van der Waals surface area contributed by atoms with Crippen molar-refractivity contribution < 1.29 is 9.90 Å². The number of hydrogen-bond acceptors (Lipinski definition) is 5. The molecule has 1 aromatic heterocycles. The molecular formula is C12H13N3O2S. The minimum atomic E-state index is -0.801. The highest BCUT2D eigenvalue weighted by Gasteiger charge is 2.29. The Labute approximate surface area is 109 Å². The van der Waals surface area contributed by atoms with E-state index < -0.39 is 12.0 Å². The summed E-state index contributed by atoms with van der Waals surface area (Å²) < 4.78 is 0. The van der Waals surface area contributed by atoms with Crippen LogP contribution in [-0.2, 0) is 11.3 Å². The second-order valence-corrected chi connectivity index (χ2v) is 5.17. The number of nitriles is 1. The Morgan fingerprint density at radius 1 is 1.72 bits per heavy atom. The molecule has 1 saturated heterocycles. The molecule has 1 unspecified atom stereocenters. The maximum absolute atomic E-state index is 11.2. The summed E-state index contributed by atoms with van der Waals surface area (Å²) in [6, 6.07) is 5.16. The standard InChI is InChI=1S/C12H13N3O2S/c13-6-10-9(2-1-3-14-10)7-15-4-5-18-8-11(15)12(16)17/h1-3,11H,4-5,7-8H2,(H,16,17). The molecule has 2 rings (SSSR count). The maximum atomic E-state index is 11.2. The molecule has 0 saturated carbocycles. The molecule has 5 nitrogen and oxygen atoms in total. The highest BCUT2D eigenvalue weighted by Crippen LogP contribution is 2.20. The molecule has 1 N–H and O–H groups in total. The third kappa shape index (κ3) is 2.81. The molecule has 0 spiro atoms. The third-order valence-corrected chi connectivity index (χ3v) is 3.92. The number of rotatable bonds is 3. The molecule has 0 radical (unpaired) electrons. The second-order valence-electron chi connectivity index (χ2n) is 4.02. The summed E-state index contributed by atoms with van der Waals surface area (Å²) in [5, 5.41) is 18.1. The average molecular weight is 263 g/mol. The van der Waals surface area contributed by atoms with E-state index in [0.29, 0.717) is 18.0 Å². The van der Waals surface area contributed by atoms with E-state index in [2.05, 4.69) is 4.98 Å². The normalized spacial score (nSPS) is 20.3. The minimum Gasteiger partial charge on any atom is -0.480 e. The van der Waals surface area contributed by atoms with Crippen molar-refractivity contribution in [1.29, 1.82) is 5.26 Å². The van der Waals surface area contributed by atoms with E-state index >= 15 is 0 Å². The van der Waals surface area contributed by atoms with E-state index in [1.165, 1.54) is 0 Å². The lowest BCUT2D eigenvalue weighted by Crippen LogP contribution is -2.46. The van der Waals surface area contributed by atoms with Crippen LogP contribution in [0.5, 0.6) is 0 Å². The van der Waals surface area contributed by atoms with Crippen LogP contribution in [0.3, 0.4) is 0 Å². The Kier molecular flexibility index (Phi) is 4.18. The zero-order valence-corrected chi connectivity index (χ0v) is 10.6. The maximum Gasteiger partial charge on any atom is 0.321 e. The van der Waals surface area contributed by atoms with Crippen molar-refractivity contribution in [2.45, 2.75) is 12.6 Å². The van der Waals surface area contributed by atoms with Crippen molar-refractivity contribution >= 4 is 17.7 Å². The number of pyridine rings is 1. The van der Waals surface area contributed by atoms with Gasteiger partial charge in [-0.1, -0.05) is 6.07 Å². The Morgan fingerprint density at radius 2 is 2.56 bits per heavy atom. The number of carboxylic acids is 1. The van der Waals surface area contributed by atoms with Gasteiger partial charge in [-0.25, -0.2) is 4.98 Å². The molecule has 94 valence electrons. The van der Waals surface area contributed by atoms with Crippen LogP contribution >= 0.6 is 11.8 Å². The quantitative estimate of drug-likeness (QED) is 0.875. The number of carbonyl (C=O) groups is 1. The number of aliphatic carboxylic acids is 1. The smallest absolute Gasteiger partial charge is 0.321 e. The van der Waals surface area contributed by atoms with E-state index in [1.54, 1.807) is 24.0 Å². The fourth-order valence-corrected chi connectivity index (χ4v) is 3.05. The fourth-order valence-electron chi connectivity index (χ4n) is 1.94. The van der Waals surface area contributed by atoms with Crippen LogP contribution < -0.4 is 0 Å². The largest absolute Gasteiger partial charge is 0.480 e. The molecule has 18 heavy (non-hydrogen) atoms. The number of nitrogens with zero attached hydrogens (tertiary/aromatic N) is 3. The van der Waals surface area contributed by atoms with Gasteiger partial charge in [0.15, 0.2) is 0 Å². The van der Waals surface area contributed by atoms with Crippen molar-refractivity contribution in [2.75, 3.05) is 18.1 Å². The van der Waals surface area contributed by atoms with Gasteiger partial charge in [-0.15, -0.1) is 0 Å². The van der Waals surface area contributed by atoms with Crippen LogP contribution in [0.4, 0.5) is 0 Å². The van der Waals surface area contributed by atoms with Crippen molar-refractivity contribution in [3.8, 4) is 6.07 Å². The van der Waals surface area contributed by atoms with Gasteiger partial charge >= 0.3 is 5.97 Å². The van der Waals surface area contributed by atoms with Gasteiger partial charge in [-0.3, -0.25) is 9.69 Å². The number of thioether (sulfide) groups is 1. The summed E-state index contributed by atoms with van der Waals surface area (Å²) in [6.45, 7) is 1.19. The Hall–Kier alpha value is -1.58. The first-order valence-electron chi connectivity index (χ1n) is 5.61. The minimum absolute atomic E-state index is 0.375. The zero-order chi connectivity index (χ0) is 13.0. The van der Waals surface area contributed by atoms with Crippen LogP contribution in [0.2, 0.25) is 0 Å². The van der Waals surface area contributed by atoms with Crippen LogP contribution in [-0.4, -0.2) is 45.1 Å². The summed E-state index contributed by atoms with van der Waals surface area (Å²) in [5.41, 5.74) is 1.16. The SMILES string of the molecule is N#Cc1ncccc1CN1CCSCC1C(=O)O. The number of carboxylic acid groups (broad SMARTS) is 1. The van der Waals surface area contributed by atoms with Crippen molar-refractivity contribution in [1.82, 2.24) is 9.88 Å². The van der Waals surface area contributed by atoms with Crippen molar-refractivity contribution in [2.24, 2.45) is 0 Å². The van der Waals surface area contributed by atoms with Gasteiger partial charge in [0.1, 0.15) is 17.8 Å². The first-order valence-corrected chi connectivity index (χ1v) is 6.76. The first-order chi connectivity index (χ1) is 8.72. The Bertz CT molecular complexity index is 486. The van der Waals surface area contributed by atoms with E-state index in [1.807, 2.05) is 17.0 Å². The summed E-state index contributed by atoms with van der Waals surface area (Å²) in [4.78, 5) is 17.1. The highest BCUT2D eigenvalue weighted by atomic mass is 32.2. The molecule has 1 aromatic rings. The van der Waals surface area contributed by atoms with Crippen LogP contribution in [0.25, 0.3) is 0 Å². The molecular weight excluding hydrogens is 250 g/mol. The topological polar surface area (TPSA) is 77.2 Å². The van der Waals surface area contributed by atoms with E-state index in [9.17, 15) is 9.90 Å². The predicted molar refractivity (Wildman–Crippen MR) is 68.1 cm³/mol. The van der Waals surface area contributed by atoms with Crippen molar-refractivity contribution in [3.63, 3.8) is 0 Å². The highest BCUT2D eigenvalue weighted by molar-refractivity contribution is 7.99. The molecule has 0 bridgehead atoms. The Balaban J connectivity index is 2.16. The molecule has 6 heteroatoms. The van der Waals surface area contributed by atoms with E-state index in [0.717, 1.165) is 17.9 Å². The molecule has 1 fully saturated rings.